The molecule has 0 radical (unpaired) electrons. The van der Waals surface area contributed by atoms with E-state index < -0.39 is 0 Å². The van der Waals surface area contributed by atoms with E-state index in [0.717, 1.165) is 12.3 Å². The second-order valence-corrected chi connectivity index (χ2v) is 1.24. The topological polar surface area (TPSA) is 33.6 Å². The zero-order valence-electron chi connectivity index (χ0n) is 3.56. The molecule has 0 aromatic heterocycles. The lowest BCUT2D eigenvalue weighted by Gasteiger charge is -1.79. The van der Waals surface area contributed by atoms with Gasteiger partial charge in [-0.3, -0.25) is 4.94 Å². The first-order valence-corrected chi connectivity index (χ1v) is 1.82. The first-order chi connectivity index (χ1) is 2.89. The Morgan fingerprint density at radius 1 is 2.00 bits per heavy atom. The summed E-state index contributed by atoms with van der Waals surface area (Å²) in [4.78, 5) is 4.39. The van der Waals surface area contributed by atoms with Crippen LogP contribution in [0.15, 0.2) is 5.16 Å². The van der Waals surface area contributed by atoms with Crippen LogP contribution >= 0.6 is 0 Å². The molecule has 0 aromatic rings. The highest BCUT2D eigenvalue weighted by Crippen LogP contribution is 1.82. The van der Waals surface area contributed by atoms with Gasteiger partial charge < -0.3 is 0 Å². The molecule has 1 N–H and O–H groups in total. The van der Waals surface area contributed by atoms with E-state index in [2.05, 4.69) is 15.6 Å². The van der Waals surface area contributed by atoms with Crippen LogP contribution in [0.5, 0.6) is 0 Å². The van der Waals surface area contributed by atoms with Crippen molar-refractivity contribution >= 4 is 5.71 Å². The van der Waals surface area contributed by atoms with Crippen LogP contribution in [0.3, 0.4) is 0 Å². The minimum absolute atomic E-state index is 0.764. The molecule has 0 unspecified atom stereocenters. The van der Waals surface area contributed by atoms with Crippen LogP contribution in [-0.4, -0.2) is 12.3 Å². The number of hydrogen-bond acceptors (Lipinski definition) is 3. The van der Waals surface area contributed by atoms with Gasteiger partial charge in [0.1, 0.15) is 0 Å². The Hall–Kier alpha value is -0.570. The minimum Gasteiger partial charge on any atom is -0.299 e. The summed E-state index contributed by atoms with van der Waals surface area (Å²) in [5, 5.41) is 3.54. The highest BCUT2D eigenvalue weighted by atomic mass is 16.8. The predicted molar refractivity (Wildman–Crippen MR) is 22.2 cm³/mol. The zero-order valence-corrected chi connectivity index (χ0v) is 3.56. The second-order valence-electron chi connectivity index (χ2n) is 1.24. The fourth-order valence-corrected chi connectivity index (χ4v) is 0.279. The second kappa shape index (κ2) is 1.26. The van der Waals surface area contributed by atoms with Crippen molar-refractivity contribution in [1.82, 2.24) is 5.48 Å². The van der Waals surface area contributed by atoms with E-state index in [-0.39, 0.29) is 0 Å². The van der Waals surface area contributed by atoms with E-state index in [9.17, 15) is 0 Å². The predicted octanol–water partition coefficient (Wildman–Crippen LogP) is -0.103. The molecule has 1 rings (SSSR count). The Morgan fingerprint density at radius 2 is 2.83 bits per heavy atom. The minimum atomic E-state index is 0.764. The van der Waals surface area contributed by atoms with Gasteiger partial charge in [0, 0.05) is 0 Å². The van der Waals surface area contributed by atoms with E-state index in [1.165, 1.54) is 0 Å². The van der Waals surface area contributed by atoms with Crippen molar-refractivity contribution in [2.45, 2.75) is 6.92 Å². The molecule has 0 amide bonds. The van der Waals surface area contributed by atoms with E-state index >= 15 is 0 Å². The van der Waals surface area contributed by atoms with E-state index in [1.807, 2.05) is 6.92 Å². The Labute approximate surface area is 35.9 Å². The van der Waals surface area contributed by atoms with Gasteiger partial charge in [0.05, 0.1) is 12.3 Å². The van der Waals surface area contributed by atoms with Crippen molar-refractivity contribution in [3.63, 3.8) is 0 Å². The third kappa shape index (κ3) is 0.490. The van der Waals surface area contributed by atoms with Crippen LogP contribution in [0.2, 0.25) is 0 Å². The molecule has 1 aliphatic heterocycles. The van der Waals surface area contributed by atoms with Gasteiger partial charge in [0.2, 0.25) is 0 Å². The first kappa shape index (κ1) is 3.61. The smallest absolute Gasteiger partial charge is 0.0757 e. The summed E-state index contributed by atoms with van der Waals surface area (Å²) in [5.74, 6) is 0. The molecule has 0 spiro atoms. The molecule has 0 fully saturated rings. The summed E-state index contributed by atoms with van der Waals surface area (Å²) >= 11 is 0. The van der Waals surface area contributed by atoms with Crippen molar-refractivity contribution in [1.29, 1.82) is 0 Å². The Kier molecular flexibility index (Phi) is 0.759. The van der Waals surface area contributed by atoms with Crippen molar-refractivity contribution in [2.24, 2.45) is 5.16 Å². The van der Waals surface area contributed by atoms with E-state index in [1.54, 1.807) is 0 Å². The van der Waals surface area contributed by atoms with Gasteiger partial charge in [-0.05, 0) is 6.92 Å². The van der Waals surface area contributed by atoms with Gasteiger partial charge in [0.25, 0.3) is 0 Å². The van der Waals surface area contributed by atoms with Crippen LogP contribution in [0.4, 0.5) is 0 Å². The third-order valence-electron chi connectivity index (χ3n) is 0.594. The summed E-state index contributed by atoms with van der Waals surface area (Å²) in [6, 6.07) is 0. The van der Waals surface area contributed by atoms with Crippen LogP contribution in [0, 0.1) is 0 Å². The Balaban J connectivity index is 2.45. The van der Waals surface area contributed by atoms with Crippen LogP contribution in [0.1, 0.15) is 6.92 Å². The van der Waals surface area contributed by atoms with Gasteiger partial charge in [-0.2, -0.15) is 0 Å². The van der Waals surface area contributed by atoms with Gasteiger partial charge in [-0.1, -0.05) is 5.16 Å². The average Bonchev–Trinajstić information content (AvgIpc) is 1.86. The fourth-order valence-electron chi connectivity index (χ4n) is 0.279. The molecule has 0 saturated carbocycles. The number of hydroxylamine groups is 1. The average molecular weight is 86.1 g/mol. The lowest BCUT2D eigenvalue weighted by atomic mass is 10.5. The van der Waals surface area contributed by atoms with Crippen molar-refractivity contribution in [2.75, 3.05) is 6.54 Å². The standard InChI is InChI=1S/C3H6N2O/c1-3-2-4-6-5-3/h4H,2H2,1H3. The maximum atomic E-state index is 4.39. The quantitative estimate of drug-likeness (QED) is 0.446. The van der Waals surface area contributed by atoms with Gasteiger partial charge in [0.15, 0.2) is 0 Å². The molecule has 3 nitrogen and oxygen atoms in total. The van der Waals surface area contributed by atoms with Gasteiger partial charge in [-0.15, -0.1) is 5.48 Å². The molecule has 0 atom stereocenters. The van der Waals surface area contributed by atoms with Crippen LogP contribution < -0.4 is 5.48 Å². The maximum Gasteiger partial charge on any atom is 0.0757 e. The monoisotopic (exact) mass is 86.0 g/mol. The lowest BCUT2D eigenvalue weighted by Crippen LogP contribution is -2.08. The third-order valence-corrected chi connectivity index (χ3v) is 0.594. The van der Waals surface area contributed by atoms with E-state index in [0.29, 0.717) is 0 Å². The molecule has 3 heteroatoms. The van der Waals surface area contributed by atoms with Crippen LogP contribution in [-0.2, 0) is 4.94 Å². The molecule has 1 heterocycles. The number of nitrogens with zero attached hydrogens (tertiary/aromatic N) is 1. The fraction of sp³-hybridized carbons (Fsp3) is 0.667. The summed E-state index contributed by atoms with van der Waals surface area (Å²) in [6.07, 6.45) is 0. The summed E-state index contributed by atoms with van der Waals surface area (Å²) in [5.41, 5.74) is 3.56. The van der Waals surface area contributed by atoms with Gasteiger partial charge in [-0.25, -0.2) is 0 Å². The largest absolute Gasteiger partial charge is 0.299 e. The molecular formula is C3H6N2O. The Morgan fingerprint density at radius 3 is 3.00 bits per heavy atom. The maximum absolute atomic E-state index is 4.39. The van der Waals surface area contributed by atoms with Crippen molar-refractivity contribution < 1.29 is 4.94 Å². The molecule has 1 aliphatic rings. The molecule has 34 valence electrons. The van der Waals surface area contributed by atoms with Crippen molar-refractivity contribution in [3.05, 3.63) is 0 Å². The normalized spacial score (nSPS) is 19.8. The highest BCUT2D eigenvalue weighted by Gasteiger charge is 1.96. The molecule has 0 aromatic carbocycles. The number of oxime groups is 1. The summed E-state index contributed by atoms with van der Waals surface area (Å²) in [7, 11) is 0. The summed E-state index contributed by atoms with van der Waals surface area (Å²) in [6.45, 7) is 2.67. The van der Waals surface area contributed by atoms with Crippen molar-refractivity contribution in [3.8, 4) is 0 Å². The van der Waals surface area contributed by atoms with E-state index in [4.69, 9.17) is 0 Å². The molecule has 0 bridgehead atoms. The van der Waals surface area contributed by atoms with Gasteiger partial charge >= 0.3 is 0 Å². The molecule has 6 heavy (non-hydrogen) atoms. The summed E-state index contributed by atoms with van der Waals surface area (Å²) < 4.78 is 0. The first-order valence-electron chi connectivity index (χ1n) is 1.82. The highest BCUT2D eigenvalue weighted by molar-refractivity contribution is 5.83. The number of rotatable bonds is 0. The molecular weight excluding hydrogens is 80.0 g/mol. The SMILES string of the molecule is CC1=NONC1. The Bertz CT molecular complexity index is 78.9. The zero-order chi connectivity index (χ0) is 4.41. The number of nitrogens with one attached hydrogen (secondary N) is 1. The lowest BCUT2D eigenvalue weighted by molar-refractivity contribution is 0.0776. The number of hydrogen-bond donors (Lipinski definition) is 1. The molecule has 0 aliphatic carbocycles. The van der Waals surface area contributed by atoms with Crippen LogP contribution in [0.25, 0.3) is 0 Å². The molecule has 0 saturated heterocycles.